The van der Waals surface area contributed by atoms with Crippen LogP contribution in [0.25, 0.3) is 72.2 Å². The number of benzene rings is 5. The molecular formula is C41H30ClN5S. The monoisotopic (exact) mass is 659 g/mol. The van der Waals surface area contributed by atoms with Crippen LogP contribution in [-0.4, -0.2) is 29.8 Å². The van der Waals surface area contributed by atoms with Crippen LogP contribution in [-0.2, 0) is 0 Å². The van der Waals surface area contributed by atoms with Gasteiger partial charge in [-0.05, 0) is 82.8 Å². The molecule has 232 valence electrons. The molecule has 1 aliphatic carbocycles. The van der Waals surface area contributed by atoms with Gasteiger partial charge in [-0.15, -0.1) is 11.8 Å². The third kappa shape index (κ3) is 4.67. The molecule has 48 heavy (non-hydrogen) atoms. The number of hydrogen-bond donors (Lipinski definition) is 0. The molecule has 0 radical (unpaired) electrons. The lowest BCUT2D eigenvalue weighted by molar-refractivity contribution is 0.886. The molecule has 0 saturated carbocycles. The van der Waals surface area contributed by atoms with Crippen molar-refractivity contribution in [1.82, 2.24) is 24.1 Å². The minimum Gasteiger partial charge on any atom is -0.278 e. The lowest BCUT2D eigenvalue weighted by Crippen LogP contribution is -2.09. The molecule has 8 aromatic rings. The summed E-state index contributed by atoms with van der Waals surface area (Å²) in [5, 5.41) is 4.75. The van der Waals surface area contributed by atoms with Gasteiger partial charge < -0.3 is 0 Å². The normalized spacial score (nSPS) is 13.2. The highest BCUT2D eigenvalue weighted by Crippen LogP contribution is 2.41. The molecule has 0 bridgehead atoms. The average molecular weight is 660 g/mol. The second-order valence-corrected chi connectivity index (χ2v) is 13.6. The summed E-state index contributed by atoms with van der Waals surface area (Å²) in [7, 11) is 0. The molecule has 0 saturated heterocycles. The fourth-order valence-corrected chi connectivity index (χ4v) is 8.04. The highest BCUT2D eigenvalue weighted by Gasteiger charge is 2.22. The zero-order chi connectivity index (χ0) is 32.2. The van der Waals surface area contributed by atoms with E-state index in [2.05, 4.69) is 143 Å². The lowest BCUT2D eigenvalue weighted by Gasteiger charge is -2.12. The molecule has 0 fully saturated rings. The predicted octanol–water partition coefficient (Wildman–Crippen LogP) is 11.2. The largest absolute Gasteiger partial charge is 0.278 e. The summed E-state index contributed by atoms with van der Waals surface area (Å²) in [6.45, 7) is 2.17. The molecule has 9 rings (SSSR count). The number of para-hydroxylation sites is 1. The number of aromatic nitrogens is 5. The average Bonchev–Trinajstić information content (AvgIpc) is 3.65. The Kier molecular flexibility index (Phi) is 7.14. The Labute approximate surface area is 287 Å². The molecule has 5 nitrogen and oxygen atoms in total. The number of thioether (sulfide) groups is 1. The Morgan fingerprint density at radius 3 is 2.06 bits per heavy atom. The van der Waals surface area contributed by atoms with Crippen LogP contribution in [0.15, 0.2) is 132 Å². The first-order chi connectivity index (χ1) is 23.7. The topological polar surface area (TPSA) is 48.5 Å². The fraction of sp³-hybridized carbons (Fsp3) is 0.0976. The number of rotatable bonds is 6. The minimum atomic E-state index is 0.142. The van der Waals surface area contributed by atoms with E-state index in [4.69, 9.17) is 26.6 Å². The Morgan fingerprint density at radius 2 is 1.31 bits per heavy atom. The highest BCUT2D eigenvalue weighted by molar-refractivity contribution is 7.99. The summed E-state index contributed by atoms with van der Waals surface area (Å²) in [6, 6.07) is 38.6. The standard InChI is InChI=1S/C41H30ClN5S/c1-2-48-28-23-24-32-36(25-28)47(35-22-12-19-30(38(32)35)27-15-7-4-8-16-27)41-44-39(42)43-40(45-41)46-33-20-10-9-17-31(33)37-29(18-11-21-34(37)46)26-13-5-3-6-14-26/h4-5,7-25H,2-3,6H2,1H3. The van der Waals surface area contributed by atoms with Crippen LogP contribution < -0.4 is 0 Å². The first kappa shape index (κ1) is 29.0. The van der Waals surface area contributed by atoms with Crippen LogP contribution in [0, 0.1) is 0 Å². The summed E-state index contributed by atoms with van der Waals surface area (Å²) in [5.41, 5.74) is 8.85. The summed E-state index contributed by atoms with van der Waals surface area (Å²) in [5.74, 6) is 1.94. The van der Waals surface area contributed by atoms with Gasteiger partial charge in [-0.2, -0.15) is 15.0 Å². The molecule has 0 atom stereocenters. The van der Waals surface area contributed by atoms with Crippen molar-refractivity contribution in [3.8, 4) is 23.0 Å². The summed E-state index contributed by atoms with van der Waals surface area (Å²) < 4.78 is 4.27. The first-order valence-corrected chi connectivity index (χ1v) is 17.6. The van der Waals surface area contributed by atoms with Gasteiger partial charge in [0.05, 0.1) is 22.1 Å². The molecule has 0 unspecified atom stereocenters. The third-order valence-electron chi connectivity index (χ3n) is 9.15. The van der Waals surface area contributed by atoms with E-state index in [-0.39, 0.29) is 5.28 Å². The zero-order valence-corrected chi connectivity index (χ0v) is 27.8. The van der Waals surface area contributed by atoms with Crippen molar-refractivity contribution in [3.63, 3.8) is 0 Å². The highest BCUT2D eigenvalue weighted by atomic mass is 35.5. The van der Waals surface area contributed by atoms with E-state index in [1.54, 1.807) is 0 Å². The smallest absolute Gasteiger partial charge is 0.240 e. The molecule has 0 N–H and O–H groups in total. The van der Waals surface area contributed by atoms with Gasteiger partial charge in [-0.25, -0.2) is 0 Å². The second kappa shape index (κ2) is 11.8. The molecule has 5 aromatic carbocycles. The Balaban J connectivity index is 1.34. The summed E-state index contributed by atoms with van der Waals surface area (Å²) in [6.07, 6.45) is 8.93. The molecule has 0 amide bonds. The van der Waals surface area contributed by atoms with Crippen LogP contribution in [0.5, 0.6) is 0 Å². The number of hydrogen-bond acceptors (Lipinski definition) is 4. The maximum atomic E-state index is 6.84. The van der Waals surface area contributed by atoms with Crippen molar-refractivity contribution >= 4 is 72.5 Å². The van der Waals surface area contributed by atoms with Crippen molar-refractivity contribution < 1.29 is 0 Å². The van der Waals surface area contributed by atoms with E-state index in [9.17, 15) is 0 Å². The molecule has 3 aromatic heterocycles. The number of fused-ring (bicyclic) bond motifs is 6. The number of nitrogens with zero attached hydrogens (tertiary/aromatic N) is 5. The maximum Gasteiger partial charge on any atom is 0.240 e. The van der Waals surface area contributed by atoms with E-state index in [1.165, 1.54) is 21.4 Å². The van der Waals surface area contributed by atoms with Crippen molar-refractivity contribution in [2.24, 2.45) is 0 Å². The van der Waals surface area contributed by atoms with Crippen LogP contribution in [0.4, 0.5) is 0 Å². The summed E-state index contributed by atoms with van der Waals surface area (Å²) >= 11 is 8.66. The zero-order valence-electron chi connectivity index (χ0n) is 26.3. The molecule has 1 aliphatic rings. The number of halogens is 1. The van der Waals surface area contributed by atoms with E-state index in [1.807, 2.05) is 11.8 Å². The van der Waals surface area contributed by atoms with E-state index < -0.39 is 0 Å². The van der Waals surface area contributed by atoms with Crippen LogP contribution in [0.1, 0.15) is 25.3 Å². The third-order valence-corrected chi connectivity index (χ3v) is 10.2. The predicted molar refractivity (Wildman–Crippen MR) is 202 cm³/mol. The van der Waals surface area contributed by atoms with Crippen LogP contribution in [0.2, 0.25) is 5.28 Å². The quantitative estimate of drug-likeness (QED) is 0.167. The van der Waals surface area contributed by atoms with Gasteiger partial charge >= 0.3 is 0 Å². The SMILES string of the molecule is CCSc1ccc2c3c(-c4ccccc4)cccc3n(-c3nc(Cl)nc(-n4c5ccccc5c5c(C6=CCCC=C6)cccc54)n3)c2c1. The molecule has 0 spiro atoms. The van der Waals surface area contributed by atoms with Gasteiger partial charge in [0.1, 0.15) is 0 Å². The fourth-order valence-electron chi connectivity index (χ4n) is 7.20. The van der Waals surface area contributed by atoms with E-state index in [0.717, 1.165) is 67.9 Å². The number of allylic oxidation sites excluding steroid dienone is 4. The van der Waals surface area contributed by atoms with Gasteiger partial charge in [-0.1, -0.05) is 104 Å². The van der Waals surface area contributed by atoms with Gasteiger partial charge in [0, 0.05) is 26.4 Å². The van der Waals surface area contributed by atoms with Gasteiger partial charge in [0.15, 0.2) is 0 Å². The summed E-state index contributed by atoms with van der Waals surface area (Å²) in [4.78, 5) is 16.0. The van der Waals surface area contributed by atoms with Crippen molar-refractivity contribution in [2.45, 2.75) is 24.7 Å². The molecule has 7 heteroatoms. The van der Waals surface area contributed by atoms with Crippen molar-refractivity contribution in [3.05, 3.63) is 138 Å². The molecule has 3 heterocycles. The minimum absolute atomic E-state index is 0.142. The Morgan fingerprint density at radius 1 is 0.646 bits per heavy atom. The van der Waals surface area contributed by atoms with Crippen LogP contribution in [0.3, 0.4) is 0 Å². The van der Waals surface area contributed by atoms with Crippen LogP contribution >= 0.6 is 23.4 Å². The molecular weight excluding hydrogens is 630 g/mol. The van der Waals surface area contributed by atoms with Gasteiger partial charge in [0.2, 0.25) is 17.2 Å². The Bertz CT molecular complexity index is 2600. The lowest BCUT2D eigenvalue weighted by atomic mass is 9.95. The van der Waals surface area contributed by atoms with E-state index in [0.29, 0.717) is 11.9 Å². The van der Waals surface area contributed by atoms with Gasteiger partial charge in [0.25, 0.3) is 0 Å². The Hall–Kier alpha value is -5.17. The second-order valence-electron chi connectivity index (χ2n) is 11.9. The van der Waals surface area contributed by atoms with Crippen molar-refractivity contribution in [2.75, 3.05) is 5.75 Å². The maximum absolute atomic E-state index is 6.84. The van der Waals surface area contributed by atoms with E-state index >= 15 is 0 Å². The van der Waals surface area contributed by atoms with Crippen molar-refractivity contribution in [1.29, 1.82) is 0 Å². The molecule has 0 aliphatic heterocycles. The first-order valence-electron chi connectivity index (χ1n) is 16.3. The van der Waals surface area contributed by atoms with Gasteiger partial charge in [-0.3, -0.25) is 9.13 Å².